The Morgan fingerprint density at radius 2 is 1.59 bits per heavy atom. The third kappa shape index (κ3) is 6.28. The summed E-state index contributed by atoms with van der Waals surface area (Å²) >= 11 is 1.57. The number of nitrogens with one attached hydrogen (secondary N) is 2. The number of urea groups is 1. The molecule has 172 valence electrons. The van der Waals surface area contributed by atoms with Gasteiger partial charge in [0.15, 0.2) is 6.04 Å². The predicted molar refractivity (Wildman–Crippen MR) is 133 cm³/mol. The lowest BCUT2D eigenvalue weighted by Gasteiger charge is -2.15. The number of anilines is 1. The molecule has 34 heavy (non-hydrogen) atoms. The van der Waals surface area contributed by atoms with E-state index in [4.69, 9.17) is 9.72 Å². The molecule has 0 aliphatic heterocycles. The molecule has 7 nitrogen and oxygen atoms in total. The summed E-state index contributed by atoms with van der Waals surface area (Å²) in [6.07, 6.45) is 0. The van der Waals surface area contributed by atoms with Gasteiger partial charge in [-0.3, -0.25) is 0 Å². The highest BCUT2D eigenvalue weighted by atomic mass is 32.1. The summed E-state index contributed by atoms with van der Waals surface area (Å²) in [4.78, 5) is 28.5. The molecule has 0 radical (unpaired) electrons. The number of thiazole rings is 1. The van der Waals surface area contributed by atoms with Crippen LogP contribution in [0.15, 0.2) is 90.3 Å². The van der Waals surface area contributed by atoms with Gasteiger partial charge in [0.05, 0.1) is 18.9 Å². The van der Waals surface area contributed by atoms with Crippen molar-refractivity contribution in [2.24, 2.45) is 0 Å². The molecular weight excluding hydrogens is 450 g/mol. The molecular formula is C26H23N3O4S. The molecule has 0 saturated carbocycles. The first-order valence-corrected chi connectivity index (χ1v) is 11.5. The summed E-state index contributed by atoms with van der Waals surface area (Å²) in [5.41, 5.74) is 4.29. The zero-order chi connectivity index (χ0) is 23.8. The minimum absolute atomic E-state index is 0.149. The largest absolute Gasteiger partial charge is 0.480 e. The number of aromatic nitrogens is 1. The molecule has 1 atom stereocenters. The van der Waals surface area contributed by atoms with Crippen LogP contribution >= 0.6 is 11.3 Å². The first-order valence-electron chi connectivity index (χ1n) is 10.6. The third-order valence-corrected chi connectivity index (χ3v) is 5.85. The monoisotopic (exact) mass is 473 g/mol. The van der Waals surface area contributed by atoms with Crippen LogP contribution in [0.1, 0.15) is 5.56 Å². The van der Waals surface area contributed by atoms with Gasteiger partial charge < -0.3 is 20.5 Å². The van der Waals surface area contributed by atoms with Crippen molar-refractivity contribution in [3.05, 3.63) is 95.9 Å². The van der Waals surface area contributed by atoms with E-state index in [0.29, 0.717) is 5.69 Å². The van der Waals surface area contributed by atoms with Gasteiger partial charge in [0.2, 0.25) is 0 Å². The maximum absolute atomic E-state index is 12.3. The topological polar surface area (TPSA) is 101 Å². The molecule has 8 heteroatoms. The lowest BCUT2D eigenvalue weighted by Crippen LogP contribution is -2.45. The maximum atomic E-state index is 12.3. The fourth-order valence-electron chi connectivity index (χ4n) is 3.21. The molecule has 1 heterocycles. The van der Waals surface area contributed by atoms with Crippen molar-refractivity contribution < 1.29 is 19.4 Å². The SMILES string of the molecule is O=C(Nc1ccc(-c2csc(-c3ccccc3)n2)cc1)N[C@@H](COCc1ccccc1)C(=O)O. The Kier molecular flexibility index (Phi) is 7.64. The number of hydrogen-bond acceptors (Lipinski definition) is 5. The van der Waals surface area contributed by atoms with Gasteiger partial charge in [-0.2, -0.15) is 0 Å². The van der Waals surface area contributed by atoms with E-state index in [1.54, 1.807) is 23.5 Å². The quantitative estimate of drug-likeness (QED) is 0.308. The van der Waals surface area contributed by atoms with Crippen molar-refractivity contribution in [2.45, 2.75) is 12.6 Å². The smallest absolute Gasteiger partial charge is 0.328 e. The Labute approximate surface area is 201 Å². The zero-order valence-corrected chi connectivity index (χ0v) is 19.0. The summed E-state index contributed by atoms with van der Waals surface area (Å²) in [5.74, 6) is -1.17. The van der Waals surface area contributed by atoms with E-state index in [-0.39, 0.29) is 13.2 Å². The van der Waals surface area contributed by atoms with E-state index in [0.717, 1.165) is 27.4 Å². The van der Waals surface area contributed by atoms with E-state index in [9.17, 15) is 14.7 Å². The molecule has 2 amide bonds. The number of carboxylic acids is 1. The van der Waals surface area contributed by atoms with Gasteiger partial charge in [-0.05, 0) is 17.7 Å². The Morgan fingerprint density at radius 1 is 0.912 bits per heavy atom. The van der Waals surface area contributed by atoms with Crippen molar-refractivity contribution in [1.29, 1.82) is 0 Å². The van der Waals surface area contributed by atoms with Gasteiger partial charge in [0.1, 0.15) is 5.01 Å². The van der Waals surface area contributed by atoms with Crippen LogP contribution in [0.3, 0.4) is 0 Å². The molecule has 3 N–H and O–H groups in total. The maximum Gasteiger partial charge on any atom is 0.328 e. The number of benzene rings is 3. The zero-order valence-electron chi connectivity index (χ0n) is 18.2. The summed E-state index contributed by atoms with van der Waals surface area (Å²) in [6.45, 7) is 0.113. The number of nitrogens with zero attached hydrogens (tertiary/aromatic N) is 1. The fourth-order valence-corrected chi connectivity index (χ4v) is 4.05. The molecule has 4 rings (SSSR count). The standard InChI is InChI=1S/C26H23N3O4S/c30-25(31)22(16-33-15-18-7-3-1-4-8-18)29-26(32)27-21-13-11-19(12-14-21)23-17-34-24(28-23)20-9-5-2-6-10-20/h1-14,17,22H,15-16H2,(H,30,31)(H2,27,29,32)/t22-/m0/s1. The number of carbonyl (C=O) groups is 2. The van der Waals surface area contributed by atoms with Crippen LogP contribution in [-0.4, -0.2) is 34.7 Å². The summed E-state index contributed by atoms with van der Waals surface area (Å²) in [6, 6.07) is 24.8. The van der Waals surface area contributed by atoms with Crippen molar-refractivity contribution in [1.82, 2.24) is 10.3 Å². The Morgan fingerprint density at radius 3 is 2.26 bits per heavy atom. The number of carboxylic acid groups (broad SMARTS) is 1. The molecule has 0 unspecified atom stereocenters. The Balaban J connectivity index is 1.31. The van der Waals surface area contributed by atoms with Crippen molar-refractivity contribution in [3.8, 4) is 21.8 Å². The van der Waals surface area contributed by atoms with Crippen LogP contribution in [0.25, 0.3) is 21.8 Å². The highest BCUT2D eigenvalue weighted by molar-refractivity contribution is 7.13. The van der Waals surface area contributed by atoms with Crippen molar-refractivity contribution in [3.63, 3.8) is 0 Å². The fraction of sp³-hybridized carbons (Fsp3) is 0.115. The van der Waals surface area contributed by atoms with Gasteiger partial charge in [-0.25, -0.2) is 14.6 Å². The molecule has 0 bridgehead atoms. The number of aliphatic carboxylic acids is 1. The predicted octanol–water partition coefficient (Wildman–Crippen LogP) is 5.27. The van der Waals surface area contributed by atoms with Gasteiger partial charge in [0, 0.05) is 22.2 Å². The van der Waals surface area contributed by atoms with Crippen LogP contribution in [0.2, 0.25) is 0 Å². The third-order valence-electron chi connectivity index (χ3n) is 4.96. The molecule has 0 fully saturated rings. The summed E-state index contributed by atoms with van der Waals surface area (Å²) in [5, 5.41) is 17.4. The first-order chi connectivity index (χ1) is 16.6. The second-order valence-corrected chi connectivity index (χ2v) is 8.33. The van der Waals surface area contributed by atoms with Crippen LogP contribution in [0.4, 0.5) is 10.5 Å². The van der Waals surface area contributed by atoms with Crippen LogP contribution in [0, 0.1) is 0 Å². The van der Waals surface area contributed by atoms with E-state index < -0.39 is 18.0 Å². The minimum Gasteiger partial charge on any atom is -0.480 e. The average molecular weight is 474 g/mol. The van der Waals surface area contributed by atoms with Gasteiger partial charge in [-0.1, -0.05) is 72.8 Å². The van der Waals surface area contributed by atoms with Gasteiger partial charge in [0.25, 0.3) is 0 Å². The van der Waals surface area contributed by atoms with E-state index in [1.165, 1.54) is 0 Å². The number of amides is 2. The Hall–Kier alpha value is -4.01. The molecule has 4 aromatic rings. The highest BCUT2D eigenvalue weighted by Gasteiger charge is 2.20. The molecule has 0 spiro atoms. The Bertz CT molecular complexity index is 1230. The first kappa shape index (κ1) is 23.2. The van der Waals surface area contributed by atoms with Crippen LogP contribution < -0.4 is 10.6 Å². The second kappa shape index (κ2) is 11.2. The van der Waals surface area contributed by atoms with Crippen molar-refractivity contribution >= 4 is 29.0 Å². The van der Waals surface area contributed by atoms with E-state index in [2.05, 4.69) is 10.6 Å². The molecule has 0 aliphatic rings. The summed E-state index contributed by atoms with van der Waals surface area (Å²) < 4.78 is 5.46. The van der Waals surface area contributed by atoms with Gasteiger partial charge in [-0.15, -0.1) is 11.3 Å². The van der Waals surface area contributed by atoms with E-state index in [1.807, 2.05) is 78.2 Å². The van der Waals surface area contributed by atoms with Crippen molar-refractivity contribution in [2.75, 3.05) is 11.9 Å². The number of hydrogen-bond donors (Lipinski definition) is 3. The van der Waals surface area contributed by atoms with Crippen LogP contribution in [-0.2, 0) is 16.1 Å². The lowest BCUT2D eigenvalue weighted by atomic mass is 10.1. The lowest BCUT2D eigenvalue weighted by molar-refractivity contribution is -0.140. The number of rotatable bonds is 9. The normalized spacial score (nSPS) is 11.5. The highest BCUT2D eigenvalue weighted by Crippen LogP contribution is 2.29. The minimum atomic E-state index is -1.17. The van der Waals surface area contributed by atoms with Crippen LogP contribution in [0.5, 0.6) is 0 Å². The molecule has 3 aromatic carbocycles. The summed E-state index contributed by atoms with van der Waals surface area (Å²) in [7, 11) is 0. The number of ether oxygens (including phenoxy) is 1. The number of carbonyl (C=O) groups excluding carboxylic acids is 1. The molecule has 1 aromatic heterocycles. The average Bonchev–Trinajstić information content (AvgIpc) is 3.35. The van der Waals surface area contributed by atoms with E-state index >= 15 is 0 Å². The molecule has 0 saturated heterocycles. The molecule has 0 aliphatic carbocycles. The second-order valence-electron chi connectivity index (χ2n) is 7.47. The van der Waals surface area contributed by atoms with Gasteiger partial charge >= 0.3 is 12.0 Å².